The largest absolute Gasteiger partial charge is 0.492 e. The lowest BCUT2D eigenvalue weighted by molar-refractivity contribution is -0.136. The summed E-state index contributed by atoms with van der Waals surface area (Å²) >= 11 is 0. The lowest BCUT2D eigenvalue weighted by atomic mass is 9.74. The van der Waals surface area contributed by atoms with Crippen molar-refractivity contribution in [1.29, 1.82) is 0 Å². The maximum Gasteiger partial charge on any atom is 0.255 e. The molecule has 1 unspecified atom stereocenters. The first-order valence-corrected chi connectivity index (χ1v) is 13.4. The third-order valence-electron chi connectivity index (χ3n) is 8.68. The second-order valence-corrected chi connectivity index (χ2v) is 11.0. The summed E-state index contributed by atoms with van der Waals surface area (Å²) in [5.74, 6) is -0.349. The van der Waals surface area contributed by atoms with Gasteiger partial charge in [-0.2, -0.15) is 5.10 Å². The van der Waals surface area contributed by atoms with Crippen LogP contribution in [-0.4, -0.2) is 63.0 Å². The van der Waals surface area contributed by atoms with Gasteiger partial charge in [0.15, 0.2) is 0 Å². The summed E-state index contributed by atoms with van der Waals surface area (Å²) in [6.07, 6.45) is 6.30. The van der Waals surface area contributed by atoms with Crippen molar-refractivity contribution >= 4 is 17.7 Å². The zero-order valence-corrected chi connectivity index (χ0v) is 21.4. The molecule has 0 radical (unpaired) electrons. The van der Waals surface area contributed by atoms with E-state index in [1.54, 1.807) is 21.7 Å². The van der Waals surface area contributed by atoms with E-state index in [0.29, 0.717) is 25.1 Å². The van der Waals surface area contributed by atoms with Crippen molar-refractivity contribution in [3.63, 3.8) is 0 Å². The Morgan fingerprint density at radius 2 is 1.87 bits per heavy atom. The molecule has 9 nitrogen and oxygen atoms in total. The van der Waals surface area contributed by atoms with Gasteiger partial charge in [-0.1, -0.05) is 6.07 Å². The smallest absolute Gasteiger partial charge is 0.255 e. The predicted molar refractivity (Wildman–Crippen MR) is 138 cm³/mol. The molecule has 200 valence electrons. The van der Waals surface area contributed by atoms with Gasteiger partial charge in [0.1, 0.15) is 17.6 Å². The molecule has 39 heavy (non-hydrogen) atoms. The van der Waals surface area contributed by atoms with Crippen molar-refractivity contribution in [1.82, 2.24) is 24.9 Å². The van der Waals surface area contributed by atoms with Gasteiger partial charge in [0, 0.05) is 46.8 Å². The first kappa shape index (κ1) is 24.0. The van der Waals surface area contributed by atoms with Crippen LogP contribution in [0.3, 0.4) is 0 Å². The number of rotatable bonds is 4. The van der Waals surface area contributed by atoms with Crippen LogP contribution in [0.25, 0.3) is 5.69 Å². The Labute approximate surface area is 224 Å². The topological polar surface area (TPSA) is 96.8 Å². The molecule has 1 N–H and O–H groups in total. The summed E-state index contributed by atoms with van der Waals surface area (Å²) in [4.78, 5) is 41.2. The molecule has 2 aromatic carbocycles. The summed E-state index contributed by atoms with van der Waals surface area (Å²) in [6.45, 7) is 3.50. The molecule has 2 saturated heterocycles. The Hall–Kier alpha value is -4.05. The number of nitrogens with zero attached hydrogens (tertiary/aromatic N) is 4. The highest BCUT2D eigenvalue weighted by Crippen LogP contribution is 2.49. The Morgan fingerprint density at radius 3 is 2.64 bits per heavy atom. The van der Waals surface area contributed by atoms with Gasteiger partial charge in [0.05, 0.1) is 25.0 Å². The second-order valence-electron chi connectivity index (χ2n) is 11.0. The minimum Gasteiger partial charge on any atom is -0.492 e. The van der Waals surface area contributed by atoms with Gasteiger partial charge in [0.25, 0.3) is 5.91 Å². The van der Waals surface area contributed by atoms with Crippen molar-refractivity contribution in [3.05, 3.63) is 76.9 Å². The van der Waals surface area contributed by atoms with Crippen molar-refractivity contribution in [2.24, 2.45) is 0 Å². The molecule has 1 aromatic heterocycles. The predicted octanol–water partition coefficient (Wildman–Crippen LogP) is 2.70. The monoisotopic (exact) mass is 529 g/mol. The number of fused-ring (bicyclic) bond motifs is 4. The summed E-state index contributed by atoms with van der Waals surface area (Å²) in [5.41, 5.74) is 4.43. The van der Waals surface area contributed by atoms with E-state index < -0.39 is 11.9 Å². The molecule has 0 bridgehead atoms. The maximum atomic E-state index is 13.3. The van der Waals surface area contributed by atoms with Gasteiger partial charge in [-0.15, -0.1) is 0 Å². The number of aromatic nitrogens is 2. The van der Waals surface area contributed by atoms with Crippen molar-refractivity contribution < 1.29 is 23.5 Å². The van der Waals surface area contributed by atoms with Gasteiger partial charge in [-0.25, -0.2) is 9.07 Å². The summed E-state index contributed by atoms with van der Waals surface area (Å²) in [6, 6.07) is 9.57. The number of hydrogen-bond donors (Lipinski definition) is 1. The Bertz CT molecular complexity index is 1490. The third kappa shape index (κ3) is 4.01. The quantitative estimate of drug-likeness (QED) is 0.522. The number of likely N-dealkylation sites (tertiary alicyclic amines) is 1. The highest BCUT2D eigenvalue weighted by atomic mass is 19.1. The number of piperidine rings is 2. The van der Waals surface area contributed by atoms with Gasteiger partial charge in [-0.3, -0.25) is 24.6 Å². The van der Waals surface area contributed by atoms with Gasteiger partial charge < -0.3 is 9.64 Å². The van der Waals surface area contributed by atoms with Gasteiger partial charge in [-0.05, 0) is 62.7 Å². The molecule has 4 aliphatic heterocycles. The molecule has 0 saturated carbocycles. The average molecular weight is 530 g/mol. The first-order chi connectivity index (χ1) is 18.9. The highest BCUT2D eigenvalue weighted by Gasteiger charge is 2.47. The normalized spacial score (nSPS) is 22.1. The molecule has 5 heterocycles. The molecule has 10 heteroatoms. The van der Waals surface area contributed by atoms with E-state index in [1.165, 1.54) is 12.1 Å². The number of imide groups is 1. The lowest BCUT2D eigenvalue weighted by Crippen LogP contribution is -2.52. The van der Waals surface area contributed by atoms with Gasteiger partial charge >= 0.3 is 0 Å². The van der Waals surface area contributed by atoms with Crippen LogP contribution in [0.4, 0.5) is 4.39 Å². The van der Waals surface area contributed by atoms with E-state index in [4.69, 9.17) is 4.74 Å². The lowest BCUT2D eigenvalue weighted by Gasteiger charge is -2.38. The molecule has 4 aliphatic rings. The highest BCUT2D eigenvalue weighted by molar-refractivity contribution is 6.05. The number of amides is 3. The van der Waals surface area contributed by atoms with Crippen molar-refractivity contribution in [3.8, 4) is 11.4 Å². The molecular weight excluding hydrogens is 501 g/mol. The Morgan fingerprint density at radius 1 is 1.08 bits per heavy atom. The van der Waals surface area contributed by atoms with Crippen LogP contribution in [0, 0.1) is 5.82 Å². The van der Waals surface area contributed by atoms with Crippen LogP contribution < -0.4 is 10.1 Å². The van der Waals surface area contributed by atoms with E-state index in [-0.39, 0.29) is 29.5 Å². The Balaban J connectivity index is 1.04. The summed E-state index contributed by atoms with van der Waals surface area (Å²) in [7, 11) is 0. The number of nitrogens with one attached hydrogen (secondary N) is 1. The molecule has 3 amide bonds. The first-order valence-electron chi connectivity index (χ1n) is 13.4. The molecule has 3 aromatic rings. The molecule has 7 rings (SSSR count). The average Bonchev–Trinajstić information content (AvgIpc) is 3.63. The summed E-state index contributed by atoms with van der Waals surface area (Å²) < 4.78 is 21.3. The van der Waals surface area contributed by atoms with Crippen LogP contribution in [0.15, 0.2) is 48.8 Å². The van der Waals surface area contributed by atoms with Crippen molar-refractivity contribution in [2.45, 2.75) is 50.2 Å². The van der Waals surface area contributed by atoms with Crippen LogP contribution in [0.2, 0.25) is 0 Å². The van der Waals surface area contributed by atoms with Crippen LogP contribution in [-0.2, 0) is 28.1 Å². The van der Waals surface area contributed by atoms with Crippen molar-refractivity contribution in [2.75, 3.05) is 19.7 Å². The zero-order chi connectivity index (χ0) is 26.7. The maximum absolute atomic E-state index is 13.3. The van der Waals surface area contributed by atoms with E-state index >= 15 is 0 Å². The number of halogens is 1. The minimum absolute atomic E-state index is 0.0930. The van der Waals surface area contributed by atoms with Crippen LogP contribution in [0.5, 0.6) is 5.75 Å². The van der Waals surface area contributed by atoms with E-state index in [9.17, 15) is 18.8 Å². The summed E-state index contributed by atoms with van der Waals surface area (Å²) in [5, 5.41) is 6.80. The molecule has 1 atom stereocenters. The Kier molecular flexibility index (Phi) is 5.55. The fourth-order valence-electron chi connectivity index (χ4n) is 6.47. The molecule has 0 aliphatic carbocycles. The fourth-order valence-corrected chi connectivity index (χ4v) is 6.47. The molecular formula is C29H28FN5O4. The number of carbonyl (C=O) groups excluding carboxylic acids is 3. The third-order valence-corrected chi connectivity index (χ3v) is 8.68. The molecule has 2 fully saturated rings. The second kappa shape index (κ2) is 9.01. The van der Waals surface area contributed by atoms with Crippen LogP contribution in [0.1, 0.15) is 52.7 Å². The fraction of sp³-hybridized carbons (Fsp3) is 0.379. The minimum atomic E-state index is -0.635. The molecule has 1 spiro atoms. The van der Waals surface area contributed by atoms with E-state index in [2.05, 4.69) is 15.3 Å². The number of hydrogen-bond acceptors (Lipinski definition) is 6. The van der Waals surface area contributed by atoms with Gasteiger partial charge in [0.2, 0.25) is 11.8 Å². The SMILES string of the molecule is O=C1CCC(N2Cc3c(ccc4c3OCC43CCN(Cc4cnn(-c5ccc(F)cc5)c4)CC3)C2=O)C(=O)N1. The van der Waals surface area contributed by atoms with E-state index in [1.807, 2.05) is 24.5 Å². The van der Waals surface area contributed by atoms with Crippen LogP contribution >= 0.6 is 0 Å². The number of benzene rings is 2. The standard InChI is InChI=1S/C29H28FN5O4/c30-19-1-3-20(4-2-19)35-15-18(13-31-35)14-33-11-9-29(10-12-33)17-39-26-22-16-34(24-7-8-25(36)32-27(24)37)28(38)21(22)5-6-23(26)29/h1-6,13,15,24H,7-12,14,16-17H2,(H,32,36,37). The zero-order valence-electron chi connectivity index (χ0n) is 21.4. The number of ether oxygens (including phenoxy) is 1. The number of carbonyl (C=O) groups is 3. The van der Waals surface area contributed by atoms with E-state index in [0.717, 1.165) is 60.6 Å².